The maximum atomic E-state index is 13.6. The van der Waals surface area contributed by atoms with E-state index in [1.165, 1.54) is 25.3 Å². The average molecular weight is 299 g/mol. The molecule has 0 atom stereocenters. The molecule has 1 aliphatic rings. The van der Waals surface area contributed by atoms with Crippen molar-refractivity contribution >= 4 is 23.2 Å². The highest BCUT2D eigenvalue weighted by molar-refractivity contribution is 6.30. The van der Waals surface area contributed by atoms with Crippen LogP contribution in [0.4, 0.5) is 10.1 Å². The van der Waals surface area contributed by atoms with Crippen molar-refractivity contribution in [1.29, 1.82) is 0 Å². The molecule has 0 radical (unpaired) electrons. The molecular formula is C15H20ClFN2O. The SMILES string of the molecule is CN(C(=O)CNc1ccc(Cl)cc1F)C1CCCCC1. The van der Waals surface area contributed by atoms with Crippen molar-refractivity contribution in [3.05, 3.63) is 29.0 Å². The number of carbonyl (C=O) groups is 1. The van der Waals surface area contributed by atoms with Gasteiger partial charge in [0.05, 0.1) is 12.2 Å². The van der Waals surface area contributed by atoms with Gasteiger partial charge >= 0.3 is 0 Å². The second-order valence-corrected chi connectivity index (χ2v) is 5.71. The molecule has 0 unspecified atom stereocenters. The van der Waals surface area contributed by atoms with E-state index in [1.807, 2.05) is 7.05 Å². The summed E-state index contributed by atoms with van der Waals surface area (Å²) in [6, 6.07) is 4.71. The van der Waals surface area contributed by atoms with E-state index in [2.05, 4.69) is 5.32 Å². The van der Waals surface area contributed by atoms with Gasteiger partial charge < -0.3 is 10.2 Å². The number of hydrogen-bond acceptors (Lipinski definition) is 2. The number of benzene rings is 1. The van der Waals surface area contributed by atoms with Gasteiger partial charge in [0, 0.05) is 18.1 Å². The largest absolute Gasteiger partial charge is 0.374 e. The van der Waals surface area contributed by atoms with Crippen molar-refractivity contribution in [2.45, 2.75) is 38.1 Å². The van der Waals surface area contributed by atoms with Crippen LogP contribution >= 0.6 is 11.6 Å². The van der Waals surface area contributed by atoms with Crippen molar-refractivity contribution in [2.75, 3.05) is 18.9 Å². The molecule has 0 saturated heterocycles. The Morgan fingerprint density at radius 1 is 1.40 bits per heavy atom. The van der Waals surface area contributed by atoms with Crippen LogP contribution in [-0.4, -0.2) is 30.4 Å². The van der Waals surface area contributed by atoms with E-state index < -0.39 is 5.82 Å². The summed E-state index contributed by atoms with van der Waals surface area (Å²) >= 11 is 5.69. The molecule has 0 heterocycles. The highest BCUT2D eigenvalue weighted by Gasteiger charge is 2.21. The Labute approximate surface area is 124 Å². The van der Waals surface area contributed by atoms with Gasteiger partial charge in [0.2, 0.25) is 5.91 Å². The first-order valence-corrected chi connectivity index (χ1v) is 7.40. The van der Waals surface area contributed by atoms with Crippen molar-refractivity contribution in [3.8, 4) is 0 Å². The van der Waals surface area contributed by atoms with Crippen LogP contribution in [0.25, 0.3) is 0 Å². The number of anilines is 1. The summed E-state index contributed by atoms with van der Waals surface area (Å²) in [5.41, 5.74) is 0.305. The molecule has 0 spiro atoms. The summed E-state index contributed by atoms with van der Waals surface area (Å²) in [5.74, 6) is -0.447. The Morgan fingerprint density at radius 2 is 2.10 bits per heavy atom. The lowest BCUT2D eigenvalue weighted by Crippen LogP contribution is -2.41. The Kier molecular flexibility index (Phi) is 5.24. The molecule has 1 amide bonds. The number of amides is 1. The van der Waals surface area contributed by atoms with E-state index in [0.29, 0.717) is 16.8 Å². The third-order valence-electron chi connectivity index (χ3n) is 3.88. The van der Waals surface area contributed by atoms with E-state index in [4.69, 9.17) is 11.6 Å². The molecule has 1 fully saturated rings. The monoisotopic (exact) mass is 298 g/mol. The van der Waals surface area contributed by atoms with Gasteiger partial charge in [-0.1, -0.05) is 30.9 Å². The number of hydrogen-bond donors (Lipinski definition) is 1. The highest BCUT2D eigenvalue weighted by atomic mass is 35.5. The Morgan fingerprint density at radius 3 is 2.75 bits per heavy atom. The topological polar surface area (TPSA) is 32.3 Å². The summed E-state index contributed by atoms with van der Waals surface area (Å²) in [4.78, 5) is 13.9. The van der Waals surface area contributed by atoms with Gasteiger partial charge in [0.25, 0.3) is 0 Å². The van der Waals surface area contributed by atoms with Crippen LogP contribution in [0.5, 0.6) is 0 Å². The summed E-state index contributed by atoms with van der Waals surface area (Å²) in [5, 5.41) is 3.18. The summed E-state index contributed by atoms with van der Waals surface area (Å²) in [6.07, 6.45) is 5.75. The first-order valence-electron chi connectivity index (χ1n) is 7.02. The van der Waals surface area contributed by atoms with E-state index in [1.54, 1.807) is 17.0 Å². The third kappa shape index (κ3) is 3.85. The molecule has 1 aliphatic carbocycles. The minimum absolute atomic E-state index is 0.00810. The zero-order valence-electron chi connectivity index (χ0n) is 11.7. The maximum Gasteiger partial charge on any atom is 0.241 e. The molecular weight excluding hydrogens is 279 g/mol. The summed E-state index contributed by atoms with van der Waals surface area (Å²) < 4.78 is 13.6. The molecule has 5 heteroatoms. The fraction of sp³-hybridized carbons (Fsp3) is 0.533. The van der Waals surface area contributed by atoms with Gasteiger partial charge in [-0.05, 0) is 31.0 Å². The van der Waals surface area contributed by atoms with E-state index in [0.717, 1.165) is 12.8 Å². The molecule has 1 aromatic rings. The van der Waals surface area contributed by atoms with E-state index >= 15 is 0 Å². The molecule has 1 N–H and O–H groups in total. The molecule has 1 aromatic carbocycles. The molecule has 0 aromatic heterocycles. The number of nitrogens with zero attached hydrogens (tertiary/aromatic N) is 1. The van der Waals surface area contributed by atoms with Crippen LogP contribution in [0.1, 0.15) is 32.1 Å². The average Bonchev–Trinajstić information content (AvgIpc) is 2.46. The zero-order chi connectivity index (χ0) is 14.5. The van der Waals surface area contributed by atoms with Crippen molar-refractivity contribution in [2.24, 2.45) is 0 Å². The Bertz CT molecular complexity index is 475. The van der Waals surface area contributed by atoms with Gasteiger partial charge in [-0.15, -0.1) is 0 Å². The predicted molar refractivity (Wildman–Crippen MR) is 79.5 cm³/mol. The summed E-state index contributed by atoms with van der Waals surface area (Å²) in [6.45, 7) is 0.103. The van der Waals surface area contributed by atoms with E-state index in [-0.39, 0.29) is 12.5 Å². The molecule has 2 rings (SSSR count). The van der Waals surface area contributed by atoms with Crippen LogP contribution < -0.4 is 5.32 Å². The van der Waals surface area contributed by atoms with Crippen LogP contribution in [0.2, 0.25) is 5.02 Å². The van der Waals surface area contributed by atoms with Gasteiger partial charge in [-0.25, -0.2) is 4.39 Å². The Balaban J connectivity index is 1.87. The fourth-order valence-electron chi connectivity index (χ4n) is 2.60. The predicted octanol–water partition coefficient (Wildman–Crippen LogP) is 3.68. The molecule has 0 bridgehead atoms. The normalized spacial score (nSPS) is 15.9. The highest BCUT2D eigenvalue weighted by Crippen LogP contribution is 2.22. The molecule has 20 heavy (non-hydrogen) atoms. The third-order valence-corrected chi connectivity index (χ3v) is 4.11. The number of halogens is 2. The lowest BCUT2D eigenvalue weighted by atomic mass is 9.94. The lowest BCUT2D eigenvalue weighted by molar-refractivity contribution is -0.130. The van der Waals surface area contributed by atoms with Crippen molar-refractivity contribution in [3.63, 3.8) is 0 Å². The number of carbonyl (C=O) groups excluding carboxylic acids is 1. The summed E-state index contributed by atoms with van der Waals surface area (Å²) in [7, 11) is 1.83. The molecule has 110 valence electrons. The minimum Gasteiger partial charge on any atom is -0.374 e. The van der Waals surface area contributed by atoms with Gasteiger partial charge in [0.1, 0.15) is 5.82 Å². The molecule has 0 aliphatic heterocycles. The van der Waals surface area contributed by atoms with Crippen LogP contribution in [-0.2, 0) is 4.79 Å². The quantitative estimate of drug-likeness (QED) is 0.919. The number of nitrogens with one attached hydrogen (secondary N) is 1. The minimum atomic E-state index is -0.439. The molecule has 1 saturated carbocycles. The van der Waals surface area contributed by atoms with Gasteiger partial charge in [-0.3, -0.25) is 4.79 Å². The van der Waals surface area contributed by atoms with Crippen LogP contribution in [0.15, 0.2) is 18.2 Å². The lowest BCUT2D eigenvalue weighted by Gasteiger charge is -2.31. The smallest absolute Gasteiger partial charge is 0.241 e. The van der Waals surface area contributed by atoms with Gasteiger partial charge in [-0.2, -0.15) is 0 Å². The first-order chi connectivity index (χ1) is 9.58. The van der Waals surface area contributed by atoms with Crippen LogP contribution in [0.3, 0.4) is 0 Å². The zero-order valence-corrected chi connectivity index (χ0v) is 12.4. The maximum absolute atomic E-state index is 13.6. The number of rotatable bonds is 4. The Hall–Kier alpha value is -1.29. The fourth-order valence-corrected chi connectivity index (χ4v) is 2.76. The van der Waals surface area contributed by atoms with E-state index in [9.17, 15) is 9.18 Å². The van der Waals surface area contributed by atoms with Gasteiger partial charge in [0.15, 0.2) is 0 Å². The number of likely N-dealkylation sites (N-methyl/N-ethyl adjacent to an activating group) is 1. The second-order valence-electron chi connectivity index (χ2n) is 5.27. The first kappa shape index (κ1) is 15.1. The van der Waals surface area contributed by atoms with Crippen molar-refractivity contribution in [1.82, 2.24) is 4.90 Å². The van der Waals surface area contributed by atoms with Crippen molar-refractivity contribution < 1.29 is 9.18 Å². The standard InChI is InChI=1S/C15H20ClFN2O/c1-19(12-5-3-2-4-6-12)15(20)10-18-14-8-7-11(16)9-13(14)17/h7-9,12,18H,2-6,10H2,1H3. The molecule has 3 nitrogen and oxygen atoms in total. The second kappa shape index (κ2) is 6.93. The van der Waals surface area contributed by atoms with Crippen LogP contribution in [0, 0.1) is 5.82 Å².